The first-order valence-electron chi connectivity index (χ1n) is 10.9. The van der Waals surface area contributed by atoms with Gasteiger partial charge in [-0.05, 0) is 62.9 Å². The SMILES string of the molecule is CC[C@H]1OC(=O)[C@H](C)[C@@H](O[Si](C)(C)C(C)(C)C)[C@@H](C)C[C@@H](C)C(=O)/C=C/[C@]1(C)O. The molecule has 168 valence electrons. The minimum Gasteiger partial charge on any atom is -0.459 e. The van der Waals surface area contributed by atoms with Crippen molar-refractivity contribution in [3.05, 3.63) is 12.2 Å². The van der Waals surface area contributed by atoms with E-state index in [4.69, 9.17) is 9.16 Å². The van der Waals surface area contributed by atoms with Gasteiger partial charge >= 0.3 is 5.97 Å². The molecule has 1 aliphatic rings. The number of cyclic esters (lactones) is 1. The van der Waals surface area contributed by atoms with E-state index in [0.717, 1.165) is 0 Å². The third-order valence-corrected chi connectivity index (χ3v) is 11.2. The highest BCUT2D eigenvalue weighted by molar-refractivity contribution is 6.74. The molecular weight excluding hydrogens is 384 g/mol. The van der Waals surface area contributed by atoms with Crippen molar-refractivity contribution in [2.75, 3.05) is 0 Å². The van der Waals surface area contributed by atoms with Crippen LogP contribution in [-0.2, 0) is 18.8 Å². The van der Waals surface area contributed by atoms with Gasteiger partial charge in [0.2, 0.25) is 0 Å². The fourth-order valence-corrected chi connectivity index (χ4v) is 5.03. The third kappa shape index (κ3) is 6.50. The summed E-state index contributed by atoms with van der Waals surface area (Å²) >= 11 is 0. The van der Waals surface area contributed by atoms with Gasteiger partial charge in [0.25, 0.3) is 0 Å². The molecule has 0 bridgehead atoms. The summed E-state index contributed by atoms with van der Waals surface area (Å²) in [5, 5.41) is 10.8. The van der Waals surface area contributed by atoms with E-state index in [-0.39, 0.29) is 34.7 Å². The van der Waals surface area contributed by atoms with Crippen molar-refractivity contribution in [2.45, 2.75) is 104 Å². The fourth-order valence-electron chi connectivity index (χ4n) is 3.56. The van der Waals surface area contributed by atoms with Crippen LogP contribution >= 0.6 is 0 Å². The van der Waals surface area contributed by atoms with Crippen LogP contribution in [0.5, 0.6) is 0 Å². The zero-order valence-corrected chi connectivity index (χ0v) is 21.0. The summed E-state index contributed by atoms with van der Waals surface area (Å²) in [6.45, 7) is 20.1. The fraction of sp³-hybridized carbons (Fsp3) is 0.826. The smallest absolute Gasteiger partial charge is 0.311 e. The first-order valence-corrected chi connectivity index (χ1v) is 13.8. The highest BCUT2D eigenvalue weighted by Crippen LogP contribution is 2.40. The molecule has 6 heteroatoms. The standard InChI is InChI=1S/C23H42O5Si/c1-11-19-23(8,26)13-12-18(24)15(2)14-16(3)20(17(4)21(25)27-19)28-29(9,10)22(5,6)7/h12-13,15-17,19-20,26H,11,14H2,1-10H3/b13-12+/t15-,16+,17-,19-,20+,23+/m1/s1. The van der Waals surface area contributed by atoms with Gasteiger partial charge in [-0.2, -0.15) is 0 Å². The number of carbonyl (C=O) groups excluding carboxylic acids is 2. The molecule has 6 atom stereocenters. The largest absolute Gasteiger partial charge is 0.459 e. The van der Waals surface area contributed by atoms with Crippen LogP contribution in [0.4, 0.5) is 0 Å². The molecular formula is C23H42O5Si. The quantitative estimate of drug-likeness (QED) is 0.514. The van der Waals surface area contributed by atoms with Crippen molar-refractivity contribution in [3.8, 4) is 0 Å². The van der Waals surface area contributed by atoms with Crippen LogP contribution in [0, 0.1) is 17.8 Å². The van der Waals surface area contributed by atoms with Gasteiger partial charge in [0.1, 0.15) is 11.7 Å². The third-order valence-electron chi connectivity index (χ3n) is 6.74. The maximum atomic E-state index is 13.0. The van der Waals surface area contributed by atoms with Crippen LogP contribution in [0.1, 0.15) is 68.2 Å². The molecule has 1 aliphatic heterocycles. The van der Waals surface area contributed by atoms with Gasteiger partial charge in [0, 0.05) is 5.92 Å². The van der Waals surface area contributed by atoms with Gasteiger partial charge < -0.3 is 14.3 Å². The predicted octanol–water partition coefficient (Wildman–Crippen LogP) is 4.89. The summed E-state index contributed by atoms with van der Waals surface area (Å²) in [6, 6.07) is 0. The average Bonchev–Trinajstić information content (AvgIpc) is 2.59. The Labute approximate surface area is 178 Å². The normalized spacial score (nSPS) is 36.7. The molecule has 29 heavy (non-hydrogen) atoms. The topological polar surface area (TPSA) is 72.8 Å². The van der Waals surface area contributed by atoms with Crippen LogP contribution in [0.15, 0.2) is 12.2 Å². The second-order valence-corrected chi connectivity index (χ2v) is 15.3. The van der Waals surface area contributed by atoms with E-state index in [9.17, 15) is 14.7 Å². The molecule has 0 aromatic heterocycles. The molecule has 0 aliphatic carbocycles. The first-order chi connectivity index (χ1) is 13.0. The zero-order chi connectivity index (χ0) is 22.8. The lowest BCUT2D eigenvalue weighted by Gasteiger charge is -2.43. The Morgan fingerprint density at radius 1 is 1.24 bits per heavy atom. The van der Waals surface area contributed by atoms with Gasteiger partial charge in [0.05, 0.1) is 12.0 Å². The van der Waals surface area contributed by atoms with E-state index in [0.29, 0.717) is 12.8 Å². The Bertz CT molecular complexity index is 617. The van der Waals surface area contributed by atoms with Crippen molar-refractivity contribution in [1.82, 2.24) is 0 Å². The lowest BCUT2D eigenvalue weighted by atomic mass is 9.84. The number of esters is 1. The molecule has 1 heterocycles. The number of ether oxygens (including phenoxy) is 1. The average molecular weight is 427 g/mol. The van der Waals surface area contributed by atoms with Crippen LogP contribution in [-0.4, -0.2) is 43.0 Å². The highest BCUT2D eigenvalue weighted by Gasteiger charge is 2.44. The summed E-state index contributed by atoms with van der Waals surface area (Å²) in [5.74, 6) is -1.09. The van der Waals surface area contributed by atoms with E-state index in [2.05, 4.69) is 33.9 Å². The van der Waals surface area contributed by atoms with E-state index >= 15 is 0 Å². The predicted molar refractivity (Wildman–Crippen MR) is 119 cm³/mol. The van der Waals surface area contributed by atoms with Gasteiger partial charge in [-0.3, -0.25) is 9.59 Å². The number of allylic oxidation sites excluding steroid dienone is 1. The number of aliphatic hydroxyl groups is 1. The van der Waals surface area contributed by atoms with E-state index in [1.54, 1.807) is 6.92 Å². The Balaban J connectivity index is 3.36. The van der Waals surface area contributed by atoms with Gasteiger partial charge in [-0.15, -0.1) is 0 Å². The summed E-state index contributed by atoms with van der Waals surface area (Å²) in [6.07, 6.45) is 2.89. The van der Waals surface area contributed by atoms with Crippen LogP contribution in [0.2, 0.25) is 18.1 Å². The summed E-state index contributed by atoms with van der Waals surface area (Å²) < 4.78 is 12.4. The minimum absolute atomic E-state index is 0.000169. The second-order valence-electron chi connectivity index (χ2n) is 10.5. The number of rotatable bonds is 3. The Kier molecular flexibility index (Phi) is 8.48. The summed E-state index contributed by atoms with van der Waals surface area (Å²) in [5.41, 5.74) is -1.40. The highest BCUT2D eigenvalue weighted by atomic mass is 28.4. The number of carbonyl (C=O) groups is 2. The van der Waals surface area contributed by atoms with Crippen molar-refractivity contribution in [1.29, 1.82) is 0 Å². The zero-order valence-electron chi connectivity index (χ0n) is 20.0. The molecule has 1 rings (SSSR count). The monoisotopic (exact) mass is 426 g/mol. The minimum atomic E-state index is -2.14. The maximum absolute atomic E-state index is 13.0. The van der Waals surface area contributed by atoms with E-state index in [1.807, 2.05) is 27.7 Å². The molecule has 0 spiro atoms. The Morgan fingerprint density at radius 2 is 1.79 bits per heavy atom. The Morgan fingerprint density at radius 3 is 2.28 bits per heavy atom. The number of hydrogen-bond acceptors (Lipinski definition) is 5. The molecule has 0 amide bonds. The van der Waals surface area contributed by atoms with Gasteiger partial charge in [0.15, 0.2) is 14.1 Å². The summed E-state index contributed by atoms with van der Waals surface area (Å²) in [4.78, 5) is 25.7. The van der Waals surface area contributed by atoms with E-state index in [1.165, 1.54) is 12.2 Å². The van der Waals surface area contributed by atoms with Crippen molar-refractivity contribution in [2.24, 2.45) is 17.8 Å². The number of ketones is 1. The molecule has 0 unspecified atom stereocenters. The van der Waals surface area contributed by atoms with Crippen LogP contribution < -0.4 is 0 Å². The first kappa shape index (κ1) is 26.1. The molecule has 0 aromatic carbocycles. The molecule has 0 saturated heterocycles. The van der Waals surface area contributed by atoms with Crippen LogP contribution in [0.3, 0.4) is 0 Å². The maximum Gasteiger partial charge on any atom is 0.311 e. The number of hydrogen-bond donors (Lipinski definition) is 1. The van der Waals surface area contributed by atoms with E-state index < -0.39 is 25.9 Å². The van der Waals surface area contributed by atoms with Crippen LogP contribution in [0.25, 0.3) is 0 Å². The van der Waals surface area contributed by atoms with Crippen molar-refractivity contribution < 1.29 is 23.9 Å². The molecule has 5 nitrogen and oxygen atoms in total. The van der Waals surface area contributed by atoms with Crippen molar-refractivity contribution in [3.63, 3.8) is 0 Å². The molecule has 0 fully saturated rings. The Hall–Kier alpha value is -0.983. The van der Waals surface area contributed by atoms with Gasteiger partial charge in [-0.1, -0.05) is 41.5 Å². The van der Waals surface area contributed by atoms with Crippen molar-refractivity contribution >= 4 is 20.1 Å². The van der Waals surface area contributed by atoms with Gasteiger partial charge in [-0.25, -0.2) is 0 Å². The second kappa shape index (κ2) is 9.44. The lowest BCUT2D eigenvalue weighted by Crippen LogP contribution is -2.50. The molecule has 0 aromatic rings. The molecule has 0 radical (unpaired) electrons. The summed E-state index contributed by atoms with van der Waals surface area (Å²) in [7, 11) is -2.14. The lowest BCUT2D eigenvalue weighted by molar-refractivity contribution is -0.168. The molecule has 0 saturated carbocycles. The molecule has 1 N–H and O–H groups in total.